The Morgan fingerprint density at radius 3 is 2.74 bits per heavy atom. The summed E-state index contributed by atoms with van der Waals surface area (Å²) in [5, 5.41) is 3.14. The fourth-order valence-corrected chi connectivity index (χ4v) is 2.21. The Kier molecular flexibility index (Phi) is 4.97. The molecule has 0 spiro atoms. The van der Waals surface area contributed by atoms with E-state index in [0.29, 0.717) is 18.8 Å². The molecule has 0 atom stereocenters. The third kappa shape index (κ3) is 4.10. The second kappa shape index (κ2) is 6.94. The van der Waals surface area contributed by atoms with Gasteiger partial charge in [0.25, 0.3) is 0 Å². The summed E-state index contributed by atoms with van der Waals surface area (Å²) in [5.41, 5.74) is 2.49. The number of nitrogen functional groups attached to an aromatic ring is 1. The number of amides is 1. The van der Waals surface area contributed by atoms with E-state index in [-0.39, 0.29) is 5.91 Å². The van der Waals surface area contributed by atoms with Crippen LogP contribution in [0.1, 0.15) is 25.7 Å². The number of piperidine rings is 1. The highest BCUT2D eigenvalue weighted by atomic mass is 16.2. The molecule has 1 aliphatic heterocycles. The first kappa shape index (κ1) is 13.6. The van der Waals surface area contributed by atoms with Crippen LogP contribution in [0.4, 0.5) is 11.6 Å². The summed E-state index contributed by atoms with van der Waals surface area (Å²) in [6.45, 7) is 2.41. The van der Waals surface area contributed by atoms with E-state index in [1.165, 1.54) is 6.42 Å². The van der Waals surface area contributed by atoms with Crippen molar-refractivity contribution >= 4 is 17.5 Å². The van der Waals surface area contributed by atoms with Gasteiger partial charge in [0.1, 0.15) is 11.6 Å². The number of hydrogen-bond acceptors (Lipinski definition) is 5. The number of aromatic nitrogens is 1. The van der Waals surface area contributed by atoms with Gasteiger partial charge in [0.2, 0.25) is 5.91 Å². The lowest BCUT2D eigenvalue weighted by molar-refractivity contribution is -0.131. The van der Waals surface area contributed by atoms with E-state index < -0.39 is 0 Å². The number of hydrogen-bond donors (Lipinski definition) is 3. The molecule has 0 aliphatic carbocycles. The molecule has 1 amide bonds. The number of carbonyl (C=O) groups excluding carboxylic acids is 1. The van der Waals surface area contributed by atoms with Gasteiger partial charge >= 0.3 is 0 Å². The quantitative estimate of drug-likeness (QED) is 0.549. The molecule has 0 bridgehead atoms. The van der Waals surface area contributed by atoms with E-state index in [2.05, 4.69) is 15.7 Å². The van der Waals surface area contributed by atoms with E-state index in [1.54, 1.807) is 6.07 Å². The minimum absolute atomic E-state index is 0.223. The Bertz CT molecular complexity index is 417. The number of likely N-dealkylation sites (tertiary alicyclic amines) is 1. The Balaban J connectivity index is 1.74. The molecule has 104 valence electrons. The van der Waals surface area contributed by atoms with Crippen LogP contribution in [0, 0.1) is 0 Å². The number of hydrazine groups is 1. The summed E-state index contributed by atoms with van der Waals surface area (Å²) >= 11 is 0. The minimum Gasteiger partial charge on any atom is -0.369 e. The average Bonchev–Trinajstić information content (AvgIpc) is 2.48. The third-order valence-corrected chi connectivity index (χ3v) is 3.25. The highest BCUT2D eigenvalue weighted by Gasteiger charge is 2.15. The first-order chi connectivity index (χ1) is 9.29. The maximum Gasteiger partial charge on any atom is 0.224 e. The number of nitrogens with zero attached hydrogens (tertiary/aromatic N) is 2. The van der Waals surface area contributed by atoms with Crippen LogP contribution < -0.4 is 16.6 Å². The molecule has 0 radical (unpaired) electrons. The summed E-state index contributed by atoms with van der Waals surface area (Å²) < 4.78 is 0. The second-order valence-electron chi connectivity index (χ2n) is 4.67. The van der Waals surface area contributed by atoms with Gasteiger partial charge in [0.15, 0.2) is 0 Å². The first-order valence-corrected chi connectivity index (χ1v) is 6.75. The lowest BCUT2D eigenvalue weighted by Gasteiger charge is -2.26. The predicted octanol–water partition coefficient (Wildman–Crippen LogP) is 1.18. The number of rotatable bonds is 5. The molecule has 1 saturated heterocycles. The van der Waals surface area contributed by atoms with Crippen molar-refractivity contribution in [1.29, 1.82) is 0 Å². The van der Waals surface area contributed by atoms with Gasteiger partial charge in [-0.2, -0.15) is 0 Å². The molecule has 0 unspecified atom stereocenters. The molecule has 6 nitrogen and oxygen atoms in total. The first-order valence-electron chi connectivity index (χ1n) is 6.75. The molecule has 1 aromatic rings. The van der Waals surface area contributed by atoms with Gasteiger partial charge in [-0.05, 0) is 31.4 Å². The number of nitrogens with one attached hydrogen (secondary N) is 2. The van der Waals surface area contributed by atoms with E-state index in [9.17, 15) is 4.79 Å². The van der Waals surface area contributed by atoms with Crippen LogP contribution in [0.25, 0.3) is 0 Å². The highest BCUT2D eigenvalue weighted by molar-refractivity contribution is 5.76. The molecular weight excluding hydrogens is 242 g/mol. The Labute approximate surface area is 113 Å². The van der Waals surface area contributed by atoms with Crippen molar-refractivity contribution in [3.8, 4) is 0 Å². The van der Waals surface area contributed by atoms with Crippen LogP contribution in [0.15, 0.2) is 18.2 Å². The van der Waals surface area contributed by atoms with Gasteiger partial charge in [0, 0.05) is 26.1 Å². The molecule has 1 fully saturated rings. The van der Waals surface area contributed by atoms with Gasteiger partial charge in [-0.15, -0.1) is 0 Å². The number of pyridine rings is 1. The molecule has 19 heavy (non-hydrogen) atoms. The smallest absolute Gasteiger partial charge is 0.224 e. The Morgan fingerprint density at radius 2 is 2.00 bits per heavy atom. The number of carbonyl (C=O) groups is 1. The summed E-state index contributed by atoms with van der Waals surface area (Å²) in [7, 11) is 0. The summed E-state index contributed by atoms with van der Waals surface area (Å²) in [6.07, 6.45) is 4.00. The molecule has 1 aromatic heterocycles. The fourth-order valence-electron chi connectivity index (χ4n) is 2.21. The van der Waals surface area contributed by atoms with Crippen molar-refractivity contribution < 1.29 is 4.79 Å². The van der Waals surface area contributed by atoms with Crippen LogP contribution in [0.5, 0.6) is 0 Å². The third-order valence-electron chi connectivity index (χ3n) is 3.25. The van der Waals surface area contributed by atoms with E-state index in [0.717, 1.165) is 31.7 Å². The maximum atomic E-state index is 11.9. The second-order valence-corrected chi connectivity index (χ2v) is 4.67. The molecule has 1 aliphatic rings. The van der Waals surface area contributed by atoms with Crippen LogP contribution in [0.3, 0.4) is 0 Å². The molecule has 4 N–H and O–H groups in total. The number of nitrogens with two attached hydrogens (primary N) is 1. The van der Waals surface area contributed by atoms with Gasteiger partial charge < -0.3 is 15.6 Å². The van der Waals surface area contributed by atoms with E-state index >= 15 is 0 Å². The zero-order chi connectivity index (χ0) is 13.5. The minimum atomic E-state index is 0.223. The van der Waals surface area contributed by atoms with Crippen molar-refractivity contribution in [3.63, 3.8) is 0 Å². The van der Waals surface area contributed by atoms with Gasteiger partial charge in [-0.25, -0.2) is 10.8 Å². The van der Waals surface area contributed by atoms with Crippen molar-refractivity contribution in [3.05, 3.63) is 18.2 Å². The Morgan fingerprint density at radius 1 is 1.26 bits per heavy atom. The maximum absolute atomic E-state index is 11.9. The van der Waals surface area contributed by atoms with Crippen LogP contribution in [0.2, 0.25) is 0 Å². The molecule has 2 heterocycles. The average molecular weight is 263 g/mol. The largest absolute Gasteiger partial charge is 0.369 e. The lowest BCUT2D eigenvalue weighted by Crippen LogP contribution is -2.36. The monoisotopic (exact) mass is 263 g/mol. The number of anilines is 2. The molecule has 0 saturated carbocycles. The van der Waals surface area contributed by atoms with Gasteiger partial charge in [-0.3, -0.25) is 4.79 Å². The Hall–Kier alpha value is -1.82. The van der Waals surface area contributed by atoms with Gasteiger partial charge in [-0.1, -0.05) is 6.07 Å². The molecule has 6 heteroatoms. The van der Waals surface area contributed by atoms with Crippen molar-refractivity contribution in [2.45, 2.75) is 25.7 Å². The molecule has 0 aromatic carbocycles. The lowest BCUT2D eigenvalue weighted by atomic mass is 10.1. The summed E-state index contributed by atoms with van der Waals surface area (Å²) in [6, 6.07) is 5.49. The highest BCUT2D eigenvalue weighted by Crippen LogP contribution is 2.11. The van der Waals surface area contributed by atoms with Crippen LogP contribution in [-0.2, 0) is 4.79 Å². The molecular formula is C13H21N5O. The standard InChI is InChI=1S/C13H21N5O/c14-17-12-6-4-5-11(16-12)15-8-7-13(19)18-9-2-1-3-10-18/h4-6H,1-3,7-10,14H2,(H2,15,16,17). The zero-order valence-electron chi connectivity index (χ0n) is 11.1. The van der Waals surface area contributed by atoms with Crippen LogP contribution in [-0.4, -0.2) is 35.4 Å². The topological polar surface area (TPSA) is 83.3 Å². The summed E-state index contributed by atoms with van der Waals surface area (Å²) in [5.74, 6) is 6.84. The fraction of sp³-hybridized carbons (Fsp3) is 0.538. The van der Waals surface area contributed by atoms with Crippen molar-refractivity contribution in [1.82, 2.24) is 9.88 Å². The predicted molar refractivity (Wildman–Crippen MR) is 75.6 cm³/mol. The molecule has 2 rings (SSSR count). The van der Waals surface area contributed by atoms with E-state index in [4.69, 9.17) is 5.84 Å². The summed E-state index contributed by atoms with van der Waals surface area (Å²) in [4.78, 5) is 18.1. The van der Waals surface area contributed by atoms with Crippen LogP contribution >= 0.6 is 0 Å². The zero-order valence-corrected chi connectivity index (χ0v) is 11.1. The normalized spacial score (nSPS) is 15.1. The van der Waals surface area contributed by atoms with Crippen molar-refractivity contribution in [2.75, 3.05) is 30.4 Å². The van der Waals surface area contributed by atoms with Gasteiger partial charge in [0.05, 0.1) is 0 Å². The van der Waals surface area contributed by atoms with E-state index in [1.807, 2.05) is 17.0 Å². The van der Waals surface area contributed by atoms with Crippen molar-refractivity contribution in [2.24, 2.45) is 5.84 Å². The SMILES string of the molecule is NNc1cccc(NCCC(=O)N2CCCCC2)n1.